The summed E-state index contributed by atoms with van der Waals surface area (Å²) in [4.78, 5) is 23.1. The molecule has 2 atom stereocenters. The number of carbonyl (C=O) groups excluding carboxylic acids is 2. The first kappa shape index (κ1) is 14.4. The maximum atomic E-state index is 13.5. The summed E-state index contributed by atoms with van der Waals surface area (Å²) in [6.45, 7) is 4.41. The van der Waals surface area contributed by atoms with E-state index in [1.807, 2.05) is 0 Å². The third-order valence-electron chi connectivity index (χ3n) is 2.33. The summed E-state index contributed by atoms with van der Waals surface area (Å²) in [6, 6.07) is 0. The van der Waals surface area contributed by atoms with E-state index >= 15 is 0 Å². The topological polar surface area (TPSA) is 65.1 Å². The van der Waals surface area contributed by atoms with Gasteiger partial charge in [0.2, 0.25) is 6.79 Å². The largest absolute Gasteiger partial charge is 0.428 e. The van der Waals surface area contributed by atoms with Crippen molar-refractivity contribution in [3.05, 3.63) is 12.7 Å². The number of rotatable bonds is 5. The predicted molar refractivity (Wildman–Crippen MR) is 59.5 cm³/mol. The van der Waals surface area contributed by atoms with E-state index in [2.05, 4.69) is 16.1 Å². The van der Waals surface area contributed by atoms with Crippen molar-refractivity contribution in [1.29, 1.82) is 0 Å². The van der Waals surface area contributed by atoms with Gasteiger partial charge in [0.1, 0.15) is 12.3 Å². The van der Waals surface area contributed by atoms with Crippen molar-refractivity contribution in [3.63, 3.8) is 0 Å². The van der Waals surface area contributed by atoms with Crippen LogP contribution in [0, 0.1) is 0 Å². The second-order valence-electron chi connectivity index (χ2n) is 3.75. The van der Waals surface area contributed by atoms with Gasteiger partial charge in [-0.1, -0.05) is 6.08 Å². The van der Waals surface area contributed by atoms with Crippen molar-refractivity contribution in [1.82, 2.24) is 4.90 Å². The van der Waals surface area contributed by atoms with E-state index in [4.69, 9.17) is 4.74 Å². The molecule has 0 aromatic rings. The van der Waals surface area contributed by atoms with Crippen LogP contribution in [0.2, 0.25) is 0 Å². The molecule has 1 fully saturated rings. The fraction of sp³-hybridized carbons (Fsp3) is 0.636. The van der Waals surface area contributed by atoms with E-state index in [0.717, 1.165) is 0 Å². The third-order valence-corrected chi connectivity index (χ3v) is 2.33. The van der Waals surface area contributed by atoms with Crippen molar-refractivity contribution >= 4 is 12.1 Å². The molecule has 0 saturated carbocycles. The number of nitrogens with zero attached hydrogens (tertiary/aromatic N) is 1. The Labute approximate surface area is 104 Å². The van der Waals surface area contributed by atoms with Crippen LogP contribution in [0.4, 0.5) is 9.18 Å². The van der Waals surface area contributed by atoms with Crippen molar-refractivity contribution in [2.75, 3.05) is 26.5 Å². The Hall–Kier alpha value is -1.63. The lowest BCUT2D eigenvalue weighted by Gasteiger charge is -2.15. The number of esters is 1. The van der Waals surface area contributed by atoms with Gasteiger partial charge in [0.15, 0.2) is 0 Å². The second kappa shape index (κ2) is 6.95. The van der Waals surface area contributed by atoms with E-state index < -0.39 is 31.1 Å². The molecule has 6 nitrogen and oxygen atoms in total. The summed E-state index contributed by atoms with van der Waals surface area (Å²) in [5.41, 5.74) is 0. The number of carbonyl (C=O) groups is 2. The number of hydrogen-bond donors (Lipinski definition) is 0. The number of hydrogen-bond acceptors (Lipinski definition) is 5. The van der Waals surface area contributed by atoms with Gasteiger partial charge in [0.25, 0.3) is 0 Å². The lowest BCUT2D eigenvalue weighted by Crippen LogP contribution is -2.31. The Morgan fingerprint density at radius 1 is 1.44 bits per heavy atom. The zero-order valence-corrected chi connectivity index (χ0v) is 10.1. The molecular formula is C11H16FNO5. The van der Waals surface area contributed by atoms with Crippen LogP contribution in [-0.2, 0) is 19.0 Å². The molecule has 1 amide bonds. The van der Waals surface area contributed by atoms with Gasteiger partial charge >= 0.3 is 12.1 Å². The van der Waals surface area contributed by atoms with Crippen LogP contribution in [0.1, 0.15) is 6.92 Å². The SMILES string of the molecule is C=CCOC1CN(C(=O)OCOC(C)=O)CC1F. The highest BCUT2D eigenvalue weighted by Crippen LogP contribution is 2.17. The predicted octanol–water partition coefficient (Wildman–Crippen LogP) is 0.869. The minimum atomic E-state index is -1.26. The minimum Gasteiger partial charge on any atom is -0.428 e. The minimum absolute atomic E-state index is 0.0965. The molecule has 18 heavy (non-hydrogen) atoms. The highest BCUT2D eigenvalue weighted by atomic mass is 19.1. The zero-order valence-electron chi connectivity index (χ0n) is 10.1. The van der Waals surface area contributed by atoms with E-state index in [1.165, 1.54) is 17.9 Å². The van der Waals surface area contributed by atoms with Crippen LogP contribution < -0.4 is 0 Å². The number of amides is 1. The maximum absolute atomic E-state index is 13.5. The third kappa shape index (κ3) is 4.33. The number of likely N-dealkylation sites (tertiary alicyclic amines) is 1. The van der Waals surface area contributed by atoms with Gasteiger partial charge in [0.05, 0.1) is 19.7 Å². The molecule has 0 bridgehead atoms. The van der Waals surface area contributed by atoms with Crippen molar-refractivity contribution < 1.29 is 28.2 Å². The van der Waals surface area contributed by atoms with Crippen LogP contribution >= 0.6 is 0 Å². The summed E-state index contributed by atoms with van der Waals surface area (Å²) in [5.74, 6) is -0.556. The number of alkyl halides is 1. The van der Waals surface area contributed by atoms with Gasteiger partial charge in [-0.05, 0) is 0 Å². The van der Waals surface area contributed by atoms with Gasteiger partial charge in [-0.3, -0.25) is 4.79 Å². The van der Waals surface area contributed by atoms with Crippen molar-refractivity contribution in [2.45, 2.75) is 19.2 Å². The molecular weight excluding hydrogens is 245 g/mol. The summed E-state index contributed by atoms with van der Waals surface area (Å²) in [5, 5.41) is 0. The van der Waals surface area contributed by atoms with Gasteiger partial charge in [0, 0.05) is 6.92 Å². The standard InChI is InChI=1S/C11H16FNO5/c1-3-4-16-10-6-13(5-9(10)12)11(15)18-7-17-8(2)14/h3,9-10H,1,4-7H2,2H3. The highest BCUT2D eigenvalue weighted by Gasteiger charge is 2.36. The average molecular weight is 261 g/mol. The number of halogens is 1. The molecule has 1 aliphatic rings. The Balaban J connectivity index is 2.32. The lowest BCUT2D eigenvalue weighted by molar-refractivity contribution is -0.149. The Morgan fingerprint density at radius 3 is 2.78 bits per heavy atom. The van der Waals surface area contributed by atoms with E-state index in [0.29, 0.717) is 0 Å². The Bertz CT molecular complexity index is 323. The van der Waals surface area contributed by atoms with E-state index in [1.54, 1.807) is 0 Å². The molecule has 0 aromatic heterocycles. The van der Waals surface area contributed by atoms with Crippen molar-refractivity contribution in [3.8, 4) is 0 Å². The van der Waals surface area contributed by atoms with Crippen LogP contribution in [0.3, 0.4) is 0 Å². The first-order valence-electron chi connectivity index (χ1n) is 5.46. The molecule has 0 aromatic carbocycles. The fourth-order valence-electron chi connectivity index (χ4n) is 1.49. The van der Waals surface area contributed by atoms with Crippen LogP contribution in [0.25, 0.3) is 0 Å². The maximum Gasteiger partial charge on any atom is 0.412 e. The van der Waals surface area contributed by atoms with Gasteiger partial charge in [-0.2, -0.15) is 0 Å². The molecule has 0 aliphatic carbocycles. The first-order chi connectivity index (χ1) is 8.54. The van der Waals surface area contributed by atoms with Gasteiger partial charge < -0.3 is 19.1 Å². The molecule has 0 spiro atoms. The smallest absolute Gasteiger partial charge is 0.412 e. The Kier molecular flexibility index (Phi) is 5.57. The molecule has 0 radical (unpaired) electrons. The quantitative estimate of drug-likeness (QED) is 0.417. The number of ether oxygens (including phenoxy) is 3. The van der Waals surface area contributed by atoms with Gasteiger partial charge in [-0.25, -0.2) is 9.18 Å². The second-order valence-corrected chi connectivity index (χ2v) is 3.75. The average Bonchev–Trinajstić information content (AvgIpc) is 2.67. The van der Waals surface area contributed by atoms with Gasteiger partial charge in [-0.15, -0.1) is 6.58 Å². The molecule has 0 N–H and O–H groups in total. The molecule has 1 rings (SSSR count). The summed E-state index contributed by atoms with van der Waals surface area (Å²) < 4.78 is 27.7. The summed E-state index contributed by atoms with van der Waals surface area (Å²) >= 11 is 0. The fourth-order valence-corrected chi connectivity index (χ4v) is 1.49. The van der Waals surface area contributed by atoms with Crippen LogP contribution in [0.15, 0.2) is 12.7 Å². The van der Waals surface area contributed by atoms with E-state index in [-0.39, 0.29) is 19.7 Å². The van der Waals surface area contributed by atoms with E-state index in [9.17, 15) is 14.0 Å². The molecule has 2 unspecified atom stereocenters. The first-order valence-corrected chi connectivity index (χ1v) is 5.46. The lowest BCUT2D eigenvalue weighted by atomic mass is 10.3. The molecule has 1 heterocycles. The molecule has 1 aliphatic heterocycles. The molecule has 102 valence electrons. The highest BCUT2D eigenvalue weighted by molar-refractivity contribution is 5.69. The normalized spacial score (nSPS) is 22.7. The van der Waals surface area contributed by atoms with Crippen LogP contribution in [-0.4, -0.2) is 55.7 Å². The zero-order chi connectivity index (χ0) is 13.5. The summed E-state index contributed by atoms with van der Waals surface area (Å²) in [6.07, 6.45) is -1.16. The molecule has 7 heteroatoms. The Morgan fingerprint density at radius 2 is 2.17 bits per heavy atom. The van der Waals surface area contributed by atoms with Crippen LogP contribution in [0.5, 0.6) is 0 Å². The van der Waals surface area contributed by atoms with Crippen molar-refractivity contribution in [2.24, 2.45) is 0 Å². The monoisotopic (exact) mass is 261 g/mol. The molecule has 1 saturated heterocycles. The summed E-state index contributed by atoms with van der Waals surface area (Å²) in [7, 11) is 0.